The van der Waals surface area contributed by atoms with Gasteiger partial charge in [0.05, 0.1) is 11.9 Å². The van der Waals surface area contributed by atoms with Crippen LogP contribution in [0.4, 0.5) is 5.69 Å². The number of hydrogen-bond acceptors (Lipinski definition) is 4. The molecule has 3 rings (SSSR count). The lowest BCUT2D eigenvalue weighted by Gasteiger charge is -2.30. The van der Waals surface area contributed by atoms with Crippen LogP contribution >= 0.6 is 11.6 Å². The third-order valence-corrected chi connectivity index (χ3v) is 8.17. The van der Waals surface area contributed by atoms with Crippen molar-refractivity contribution >= 4 is 39.1 Å². The molecule has 0 saturated heterocycles. The van der Waals surface area contributed by atoms with Gasteiger partial charge in [-0.15, -0.1) is 0 Å². The molecule has 0 aromatic heterocycles. The lowest BCUT2D eigenvalue weighted by molar-refractivity contribution is -0.140. The zero-order valence-electron chi connectivity index (χ0n) is 21.2. The molecule has 2 amide bonds. The zero-order chi connectivity index (χ0) is 26.3. The first kappa shape index (κ1) is 28.0. The minimum absolute atomic E-state index is 0.101. The molecular weight excluding hydrogens is 498 g/mol. The summed E-state index contributed by atoms with van der Waals surface area (Å²) in [6.45, 7) is 3.99. The van der Waals surface area contributed by atoms with Crippen LogP contribution in [0.2, 0.25) is 5.02 Å². The number of amides is 2. The van der Waals surface area contributed by atoms with Crippen LogP contribution in [-0.2, 0) is 26.2 Å². The smallest absolute Gasteiger partial charge is 0.242 e. The minimum Gasteiger partial charge on any atom is -0.352 e. The Kier molecular flexibility index (Phi) is 9.79. The highest BCUT2D eigenvalue weighted by Gasteiger charge is 2.29. The molecule has 0 heterocycles. The van der Waals surface area contributed by atoms with Crippen LogP contribution in [0.5, 0.6) is 0 Å². The van der Waals surface area contributed by atoms with E-state index in [2.05, 4.69) is 5.32 Å². The van der Waals surface area contributed by atoms with Crippen LogP contribution in [0.15, 0.2) is 48.5 Å². The van der Waals surface area contributed by atoms with Crippen LogP contribution in [0, 0.1) is 6.92 Å². The molecule has 1 aliphatic carbocycles. The number of anilines is 1. The Morgan fingerprint density at radius 2 is 1.81 bits per heavy atom. The minimum atomic E-state index is -3.52. The van der Waals surface area contributed by atoms with Crippen molar-refractivity contribution in [3.8, 4) is 0 Å². The van der Waals surface area contributed by atoms with E-state index in [1.807, 2.05) is 43.3 Å². The molecule has 9 heteroatoms. The summed E-state index contributed by atoms with van der Waals surface area (Å²) >= 11 is 6.36. The third kappa shape index (κ3) is 7.71. The van der Waals surface area contributed by atoms with E-state index >= 15 is 0 Å². The Morgan fingerprint density at radius 3 is 2.44 bits per heavy atom. The van der Waals surface area contributed by atoms with E-state index in [4.69, 9.17) is 11.6 Å². The molecule has 2 aromatic rings. The number of hydrogen-bond donors (Lipinski definition) is 1. The molecule has 0 bridgehead atoms. The second-order valence-electron chi connectivity index (χ2n) is 9.56. The molecule has 1 N–H and O–H groups in total. The number of rotatable bonds is 11. The fraction of sp³-hybridized carbons (Fsp3) is 0.481. The van der Waals surface area contributed by atoms with Gasteiger partial charge in [-0.2, -0.15) is 0 Å². The predicted octanol–water partition coefficient (Wildman–Crippen LogP) is 4.67. The van der Waals surface area contributed by atoms with Crippen LogP contribution in [0.3, 0.4) is 0 Å². The van der Waals surface area contributed by atoms with Crippen molar-refractivity contribution in [2.24, 2.45) is 0 Å². The van der Waals surface area contributed by atoms with Crippen LogP contribution < -0.4 is 9.62 Å². The van der Waals surface area contributed by atoms with Gasteiger partial charge in [-0.25, -0.2) is 8.42 Å². The summed E-state index contributed by atoms with van der Waals surface area (Å²) in [6, 6.07) is 14.0. The molecule has 1 aliphatic rings. The molecular formula is C27H36ClN3O4S. The normalized spacial score (nSPS) is 14.9. The zero-order valence-corrected chi connectivity index (χ0v) is 22.8. The van der Waals surface area contributed by atoms with E-state index in [1.54, 1.807) is 24.0 Å². The quantitative estimate of drug-likeness (QED) is 0.454. The second-order valence-corrected chi connectivity index (χ2v) is 11.9. The van der Waals surface area contributed by atoms with Gasteiger partial charge in [0.15, 0.2) is 0 Å². The average Bonchev–Trinajstić information content (AvgIpc) is 3.33. The summed E-state index contributed by atoms with van der Waals surface area (Å²) in [5.74, 6) is -0.401. The van der Waals surface area contributed by atoms with Gasteiger partial charge in [-0.3, -0.25) is 13.9 Å². The van der Waals surface area contributed by atoms with Crippen LogP contribution in [-0.4, -0.2) is 50.0 Å². The van der Waals surface area contributed by atoms with E-state index in [0.717, 1.165) is 43.1 Å². The Labute approximate surface area is 219 Å². The van der Waals surface area contributed by atoms with Gasteiger partial charge in [0, 0.05) is 30.6 Å². The largest absolute Gasteiger partial charge is 0.352 e. The molecule has 36 heavy (non-hydrogen) atoms. The number of halogens is 1. The molecule has 7 nitrogen and oxygen atoms in total. The van der Waals surface area contributed by atoms with Crippen molar-refractivity contribution in [3.05, 3.63) is 64.7 Å². The number of carbonyl (C=O) groups excluding carboxylic acids is 2. The van der Waals surface area contributed by atoms with E-state index in [1.165, 1.54) is 4.31 Å². The number of benzene rings is 2. The summed E-state index contributed by atoms with van der Waals surface area (Å²) in [7, 11) is -3.52. The lowest BCUT2D eigenvalue weighted by Crippen LogP contribution is -2.49. The molecule has 0 radical (unpaired) electrons. The Morgan fingerprint density at radius 1 is 1.11 bits per heavy atom. The fourth-order valence-electron chi connectivity index (χ4n) is 4.57. The third-order valence-electron chi connectivity index (χ3n) is 6.61. The number of nitrogens with one attached hydrogen (secondary N) is 1. The van der Waals surface area contributed by atoms with Gasteiger partial charge in [-0.05, 0) is 62.4 Å². The second kappa shape index (κ2) is 12.6. The van der Waals surface area contributed by atoms with Crippen molar-refractivity contribution in [3.63, 3.8) is 0 Å². The average molecular weight is 534 g/mol. The van der Waals surface area contributed by atoms with Crippen LogP contribution in [0.1, 0.15) is 56.6 Å². The van der Waals surface area contributed by atoms with Crippen molar-refractivity contribution < 1.29 is 18.0 Å². The fourth-order valence-corrected chi connectivity index (χ4v) is 5.72. The number of nitrogens with zero attached hydrogens (tertiary/aromatic N) is 2. The Hall–Kier alpha value is -2.58. The highest BCUT2D eigenvalue weighted by atomic mass is 35.5. The first-order valence-electron chi connectivity index (χ1n) is 12.4. The van der Waals surface area contributed by atoms with Crippen LogP contribution in [0.25, 0.3) is 0 Å². The van der Waals surface area contributed by atoms with Crippen molar-refractivity contribution in [2.45, 2.75) is 71.0 Å². The summed E-state index contributed by atoms with van der Waals surface area (Å²) in [5.41, 5.74) is 2.28. The Balaban J connectivity index is 1.72. The van der Waals surface area contributed by atoms with Gasteiger partial charge in [0.2, 0.25) is 21.8 Å². The van der Waals surface area contributed by atoms with Gasteiger partial charge in [0.25, 0.3) is 0 Å². The molecule has 1 unspecified atom stereocenters. The topological polar surface area (TPSA) is 86.8 Å². The van der Waals surface area contributed by atoms with Crippen molar-refractivity contribution in [2.75, 3.05) is 17.1 Å². The first-order valence-corrected chi connectivity index (χ1v) is 14.7. The number of sulfonamides is 1. The van der Waals surface area contributed by atoms with E-state index < -0.39 is 16.1 Å². The van der Waals surface area contributed by atoms with E-state index in [-0.39, 0.29) is 37.4 Å². The maximum Gasteiger partial charge on any atom is 0.242 e. The molecule has 196 valence electrons. The molecule has 0 spiro atoms. The predicted molar refractivity (Wildman–Crippen MR) is 144 cm³/mol. The van der Waals surface area contributed by atoms with Gasteiger partial charge >= 0.3 is 0 Å². The maximum absolute atomic E-state index is 13.4. The summed E-state index contributed by atoms with van der Waals surface area (Å²) in [6.07, 6.45) is 5.68. The standard InChI is InChI=1S/C27H36ClN3O4S/c1-20-10-8-14-24(18-20)31(36(3,34)35)17-9-16-26(32)30(19-22-11-4-7-15-25(22)28)21(2)27(33)29-23-12-5-6-13-23/h4,7-8,10-11,14-15,18,21,23H,5-6,9,12-13,16-17,19H2,1-3H3,(H,29,33). The molecule has 2 aromatic carbocycles. The number of aryl methyl sites for hydroxylation is 1. The Bertz CT molecular complexity index is 1170. The molecule has 1 saturated carbocycles. The monoisotopic (exact) mass is 533 g/mol. The van der Waals surface area contributed by atoms with E-state index in [9.17, 15) is 18.0 Å². The number of carbonyl (C=O) groups is 2. The highest BCUT2D eigenvalue weighted by molar-refractivity contribution is 7.92. The summed E-state index contributed by atoms with van der Waals surface area (Å²) < 4.78 is 26.2. The first-order chi connectivity index (χ1) is 17.1. The van der Waals surface area contributed by atoms with Gasteiger partial charge < -0.3 is 10.2 Å². The lowest BCUT2D eigenvalue weighted by atomic mass is 10.1. The maximum atomic E-state index is 13.4. The molecule has 0 aliphatic heterocycles. The van der Waals surface area contributed by atoms with Gasteiger partial charge in [0.1, 0.15) is 6.04 Å². The van der Waals surface area contributed by atoms with Crippen molar-refractivity contribution in [1.82, 2.24) is 10.2 Å². The molecule has 1 fully saturated rings. The highest BCUT2D eigenvalue weighted by Crippen LogP contribution is 2.23. The summed E-state index contributed by atoms with van der Waals surface area (Å²) in [5, 5.41) is 3.61. The van der Waals surface area contributed by atoms with E-state index in [0.29, 0.717) is 17.1 Å². The molecule has 1 atom stereocenters. The van der Waals surface area contributed by atoms with Gasteiger partial charge in [-0.1, -0.05) is 54.8 Å². The summed E-state index contributed by atoms with van der Waals surface area (Å²) in [4.78, 5) is 28.0. The SMILES string of the molecule is Cc1cccc(N(CCCC(=O)N(Cc2ccccc2Cl)C(C)C(=O)NC2CCCC2)S(C)(=O)=O)c1. The van der Waals surface area contributed by atoms with Crippen molar-refractivity contribution in [1.29, 1.82) is 0 Å².